The Hall–Kier alpha value is -1.59. The van der Waals surface area contributed by atoms with Crippen LogP contribution in [0.2, 0.25) is 0 Å². The van der Waals surface area contributed by atoms with E-state index in [0.29, 0.717) is 0 Å². The lowest BCUT2D eigenvalue weighted by molar-refractivity contribution is -0.152. The molecule has 0 aromatic carbocycles. The summed E-state index contributed by atoms with van der Waals surface area (Å²) < 4.78 is 9.44. The quantitative estimate of drug-likeness (QED) is 0.370. The van der Waals surface area contributed by atoms with Crippen molar-refractivity contribution in [1.29, 1.82) is 0 Å². The fraction of sp³-hybridized carbons (Fsp3) is 0.667. The van der Waals surface area contributed by atoms with Gasteiger partial charge in [-0.25, -0.2) is 4.79 Å². The number of rotatable bonds is 7. The molecule has 6 heteroatoms. The summed E-state index contributed by atoms with van der Waals surface area (Å²) in [7, 11) is 0. The van der Waals surface area contributed by atoms with Crippen LogP contribution in [0.4, 0.5) is 0 Å². The summed E-state index contributed by atoms with van der Waals surface area (Å²) in [4.78, 5) is 22.4. The van der Waals surface area contributed by atoms with Gasteiger partial charge in [0.25, 0.3) is 0 Å². The van der Waals surface area contributed by atoms with E-state index in [1.165, 1.54) is 0 Å². The smallest absolute Gasteiger partial charge is 0.330 e. The predicted molar refractivity (Wildman–Crippen MR) is 54.4 cm³/mol. The Morgan fingerprint density at radius 3 is 2.40 bits per heavy atom. The summed E-state index contributed by atoms with van der Waals surface area (Å²) in [5.74, 6) is -1.02. The van der Waals surface area contributed by atoms with Crippen LogP contribution >= 0.6 is 0 Å². The maximum Gasteiger partial charge on any atom is 0.330 e. The van der Waals surface area contributed by atoms with Crippen LogP contribution in [0.1, 0.15) is 20.3 Å². The summed E-state index contributed by atoms with van der Waals surface area (Å²) in [6.45, 7) is 7.07. The van der Waals surface area contributed by atoms with Crippen molar-refractivity contribution in [2.24, 2.45) is 5.10 Å². The summed E-state index contributed by atoms with van der Waals surface area (Å²) in [6, 6.07) is -0.832. The van der Waals surface area contributed by atoms with Gasteiger partial charge >= 0.3 is 11.9 Å². The minimum atomic E-state index is -0.832. The summed E-state index contributed by atoms with van der Waals surface area (Å²) in [5.41, 5.74) is 2.40. The second-order valence-electron chi connectivity index (χ2n) is 2.60. The van der Waals surface area contributed by atoms with Gasteiger partial charge in [0.05, 0.1) is 19.6 Å². The molecule has 0 bridgehead atoms. The highest BCUT2D eigenvalue weighted by molar-refractivity contribution is 5.82. The van der Waals surface area contributed by atoms with E-state index < -0.39 is 18.0 Å². The first kappa shape index (κ1) is 13.4. The van der Waals surface area contributed by atoms with Crippen LogP contribution in [0.5, 0.6) is 0 Å². The third-order valence-corrected chi connectivity index (χ3v) is 1.49. The molecule has 15 heavy (non-hydrogen) atoms. The molecule has 0 fully saturated rings. The van der Waals surface area contributed by atoms with Crippen LogP contribution < -0.4 is 5.43 Å². The first-order valence-electron chi connectivity index (χ1n) is 4.69. The number of carbonyl (C=O) groups excluding carboxylic acids is 2. The molecule has 6 nitrogen and oxygen atoms in total. The van der Waals surface area contributed by atoms with E-state index in [1.807, 2.05) is 0 Å². The molecule has 0 amide bonds. The average Bonchev–Trinajstić information content (AvgIpc) is 2.18. The highest BCUT2D eigenvalue weighted by Crippen LogP contribution is 1.98. The second kappa shape index (κ2) is 7.78. The van der Waals surface area contributed by atoms with E-state index in [1.54, 1.807) is 13.8 Å². The van der Waals surface area contributed by atoms with E-state index in [2.05, 4.69) is 17.2 Å². The zero-order chi connectivity index (χ0) is 11.7. The van der Waals surface area contributed by atoms with Crippen molar-refractivity contribution in [2.75, 3.05) is 13.2 Å². The maximum absolute atomic E-state index is 11.3. The molecule has 0 aliphatic rings. The van der Waals surface area contributed by atoms with Gasteiger partial charge in [0.1, 0.15) is 0 Å². The number of hydrogen-bond donors (Lipinski definition) is 1. The Morgan fingerprint density at radius 1 is 1.33 bits per heavy atom. The summed E-state index contributed by atoms with van der Waals surface area (Å²) in [5, 5.41) is 3.34. The Kier molecular flexibility index (Phi) is 6.96. The van der Waals surface area contributed by atoms with Gasteiger partial charge in [0.15, 0.2) is 6.04 Å². The van der Waals surface area contributed by atoms with Crippen molar-refractivity contribution < 1.29 is 19.1 Å². The van der Waals surface area contributed by atoms with E-state index >= 15 is 0 Å². The zero-order valence-electron chi connectivity index (χ0n) is 8.99. The monoisotopic (exact) mass is 216 g/mol. The molecule has 86 valence electrons. The molecule has 1 atom stereocenters. The molecular formula is C9H16N2O4. The molecule has 0 heterocycles. The lowest BCUT2D eigenvalue weighted by Crippen LogP contribution is -2.37. The Labute approximate surface area is 88.6 Å². The molecule has 0 aromatic heterocycles. The van der Waals surface area contributed by atoms with Gasteiger partial charge in [-0.05, 0) is 13.8 Å². The molecule has 0 aromatic rings. The maximum atomic E-state index is 11.3. The van der Waals surface area contributed by atoms with Gasteiger partial charge in [-0.15, -0.1) is 0 Å². The molecule has 0 aliphatic heterocycles. The number of ether oxygens (including phenoxy) is 2. The number of nitrogens with zero attached hydrogens (tertiary/aromatic N) is 1. The van der Waals surface area contributed by atoms with Gasteiger partial charge < -0.3 is 9.47 Å². The standard InChI is InChI=1S/C9H16N2O4/c1-4-14-8(12)6-7(11-10-3)9(13)15-5-2/h7,11H,3-6H2,1-2H3. The van der Waals surface area contributed by atoms with Crippen LogP contribution in [-0.2, 0) is 19.1 Å². The Balaban J connectivity index is 4.19. The SMILES string of the molecule is C=NNC(CC(=O)OCC)C(=O)OCC. The van der Waals surface area contributed by atoms with Crippen LogP contribution in [0, 0.1) is 0 Å². The number of nitrogens with one attached hydrogen (secondary N) is 1. The van der Waals surface area contributed by atoms with Crippen LogP contribution in [0.25, 0.3) is 0 Å². The number of hydrogen-bond acceptors (Lipinski definition) is 6. The fourth-order valence-electron chi connectivity index (χ4n) is 0.921. The van der Waals surface area contributed by atoms with Crippen LogP contribution in [0.3, 0.4) is 0 Å². The minimum absolute atomic E-state index is 0.119. The fourth-order valence-corrected chi connectivity index (χ4v) is 0.921. The van der Waals surface area contributed by atoms with Gasteiger partial charge in [0, 0.05) is 6.72 Å². The molecule has 1 N–H and O–H groups in total. The molecule has 0 radical (unpaired) electrons. The third kappa shape index (κ3) is 5.66. The molecule has 0 saturated carbocycles. The summed E-state index contributed by atoms with van der Waals surface area (Å²) >= 11 is 0. The first-order chi connectivity index (χ1) is 7.15. The minimum Gasteiger partial charge on any atom is -0.466 e. The van der Waals surface area contributed by atoms with Crippen molar-refractivity contribution >= 4 is 18.7 Å². The third-order valence-electron chi connectivity index (χ3n) is 1.49. The molecule has 1 unspecified atom stereocenters. The molecule has 0 saturated heterocycles. The van der Waals surface area contributed by atoms with Crippen molar-refractivity contribution in [1.82, 2.24) is 5.43 Å². The number of hydrazone groups is 1. The zero-order valence-corrected chi connectivity index (χ0v) is 8.99. The second-order valence-corrected chi connectivity index (χ2v) is 2.60. The van der Waals surface area contributed by atoms with Gasteiger partial charge in [-0.2, -0.15) is 5.10 Å². The molecule has 0 spiro atoms. The van der Waals surface area contributed by atoms with E-state index in [0.717, 1.165) is 0 Å². The van der Waals surface area contributed by atoms with Crippen molar-refractivity contribution in [2.45, 2.75) is 26.3 Å². The lowest BCUT2D eigenvalue weighted by atomic mass is 10.2. The average molecular weight is 216 g/mol. The van der Waals surface area contributed by atoms with Crippen molar-refractivity contribution in [3.63, 3.8) is 0 Å². The van der Waals surface area contributed by atoms with Crippen molar-refractivity contribution in [3.8, 4) is 0 Å². The topological polar surface area (TPSA) is 77.0 Å². The van der Waals surface area contributed by atoms with Crippen LogP contribution in [0.15, 0.2) is 5.10 Å². The molecule has 0 aliphatic carbocycles. The van der Waals surface area contributed by atoms with Gasteiger partial charge in [-0.3, -0.25) is 10.2 Å². The van der Waals surface area contributed by atoms with Crippen LogP contribution in [-0.4, -0.2) is 37.9 Å². The predicted octanol–water partition coefficient (Wildman–Crippen LogP) is 0.0765. The lowest BCUT2D eigenvalue weighted by Gasteiger charge is -2.13. The highest BCUT2D eigenvalue weighted by atomic mass is 16.5. The van der Waals surface area contributed by atoms with Gasteiger partial charge in [-0.1, -0.05) is 0 Å². The summed E-state index contributed by atoms with van der Waals surface area (Å²) in [6.07, 6.45) is -0.119. The highest BCUT2D eigenvalue weighted by Gasteiger charge is 2.23. The number of esters is 2. The van der Waals surface area contributed by atoms with E-state index in [9.17, 15) is 9.59 Å². The normalized spacial score (nSPS) is 11.3. The molecular weight excluding hydrogens is 200 g/mol. The first-order valence-corrected chi connectivity index (χ1v) is 4.69. The molecule has 0 rings (SSSR count). The van der Waals surface area contributed by atoms with Crippen molar-refractivity contribution in [3.05, 3.63) is 0 Å². The Bertz CT molecular complexity index is 230. The van der Waals surface area contributed by atoms with E-state index in [-0.39, 0.29) is 19.6 Å². The van der Waals surface area contributed by atoms with E-state index in [4.69, 9.17) is 9.47 Å². The Morgan fingerprint density at radius 2 is 1.93 bits per heavy atom. The number of carbonyl (C=O) groups is 2. The largest absolute Gasteiger partial charge is 0.466 e. The van der Waals surface area contributed by atoms with Gasteiger partial charge in [0.2, 0.25) is 0 Å².